The van der Waals surface area contributed by atoms with Crippen LogP contribution in [0.25, 0.3) is 0 Å². The fourth-order valence-corrected chi connectivity index (χ4v) is 2.12. The highest BCUT2D eigenvalue weighted by Crippen LogP contribution is 2.36. The zero-order valence-electron chi connectivity index (χ0n) is 12.3. The Morgan fingerprint density at radius 3 is 2.63 bits per heavy atom. The second kappa shape index (κ2) is 8.28. The molecule has 1 rings (SSSR count). The first-order valence-corrected chi connectivity index (χ1v) is 7.16. The van der Waals surface area contributed by atoms with Crippen LogP contribution < -0.4 is 14.8 Å². The predicted molar refractivity (Wildman–Crippen MR) is 80.3 cm³/mol. The summed E-state index contributed by atoms with van der Waals surface area (Å²) in [6, 6.07) is 3.90. The van der Waals surface area contributed by atoms with E-state index in [-0.39, 0.29) is 0 Å². The van der Waals surface area contributed by atoms with Crippen LogP contribution in [0.3, 0.4) is 0 Å². The molecule has 0 bridgehead atoms. The molecule has 0 spiro atoms. The molecule has 4 heteroatoms. The van der Waals surface area contributed by atoms with Gasteiger partial charge in [0.25, 0.3) is 0 Å². The summed E-state index contributed by atoms with van der Waals surface area (Å²) in [7, 11) is 1.60. The van der Waals surface area contributed by atoms with Crippen molar-refractivity contribution in [3.05, 3.63) is 22.7 Å². The van der Waals surface area contributed by atoms with E-state index in [2.05, 4.69) is 19.2 Å². The average molecular weight is 286 g/mol. The van der Waals surface area contributed by atoms with Crippen molar-refractivity contribution in [2.75, 3.05) is 20.3 Å². The lowest BCUT2D eigenvalue weighted by atomic mass is 10.1. The molecule has 108 valence electrons. The number of ether oxygens (including phenoxy) is 2. The van der Waals surface area contributed by atoms with Gasteiger partial charge in [0.1, 0.15) is 0 Å². The number of hydrogen-bond acceptors (Lipinski definition) is 3. The third-order valence-corrected chi connectivity index (χ3v) is 3.08. The molecule has 0 saturated carbocycles. The van der Waals surface area contributed by atoms with Crippen LogP contribution in [0.1, 0.15) is 32.8 Å². The van der Waals surface area contributed by atoms with Crippen LogP contribution in [0.5, 0.6) is 11.5 Å². The Morgan fingerprint density at radius 2 is 2.05 bits per heavy atom. The minimum absolute atomic E-state index is 0.592. The molecule has 1 aromatic carbocycles. The zero-order valence-corrected chi connectivity index (χ0v) is 13.0. The van der Waals surface area contributed by atoms with Gasteiger partial charge in [-0.2, -0.15) is 0 Å². The van der Waals surface area contributed by atoms with Crippen LogP contribution >= 0.6 is 11.6 Å². The van der Waals surface area contributed by atoms with E-state index >= 15 is 0 Å². The highest BCUT2D eigenvalue weighted by atomic mass is 35.5. The lowest BCUT2D eigenvalue weighted by Gasteiger charge is -2.13. The van der Waals surface area contributed by atoms with Crippen molar-refractivity contribution in [1.82, 2.24) is 5.32 Å². The first-order chi connectivity index (χ1) is 9.08. The van der Waals surface area contributed by atoms with Gasteiger partial charge in [-0.3, -0.25) is 0 Å². The average Bonchev–Trinajstić information content (AvgIpc) is 2.35. The Kier molecular flexibility index (Phi) is 7.03. The van der Waals surface area contributed by atoms with Crippen LogP contribution in [-0.4, -0.2) is 20.3 Å². The van der Waals surface area contributed by atoms with Crippen LogP contribution in [0, 0.1) is 5.92 Å². The largest absolute Gasteiger partial charge is 0.491 e. The Bertz CT molecular complexity index is 394. The normalized spacial score (nSPS) is 10.8. The zero-order chi connectivity index (χ0) is 14.3. The summed E-state index contributed by atoms with van der Waals surface area (Å²) in [5.41, 5.74) is 1.11. The van der Waals surface area contributed by atoms with Gasteiger partial charge in [-0.05, 0) is 43.5 Å². The molecule has 0 aliphatic carbocycles. The van der Waals surface area contributed by atoms with E-state index in [1.165, 1.54) is 6.42 Å². The third kappa shape index (κ3) is 5.29. The number of rotatable bonds is 8. The van der Waals surface area contributed by atoms with E-state index in [1.807, 2.05) is 19.1 Å². The van der Waals surface area contributed by atoms with Crippen molar-refractivity contribution in [2.24, 2.45) is 5.92 Å². The molecule has 3 nitrogen and oxygen atoms in total. The second-order valence-corrected chi connectivity index (χ2v) is 5.31. The van der Waals surface area contributed by atoms with Gasteiger partial charge in [0, 0.05) is 6.54 Å². The van der Waals surface area contributed by atoms with Gasteiger partial charge in [-0.25, -0.2) is 0 Å². The van der Waals surface area contributed by atoms with Crippen LogP contribution in [0.2, 0.25) is 5.02 Å². The number of hydrogen-bond donors (Lipinski definition) is 1. The molecule has 0 aliphatic heterocycles. The van der Waals surface area contributed by atoms with Crippen molar-refractivity contribution in [3.8, 4) is 11.5 Å². The van der Waals surface area contributed by atoms with Crippen LogP contribution in [0.15, 0.2) is 12.1 Å². The van der Waals surface area contributed by atoms with Crippen molar-refractivity contribution in [1.29, 1.82) is 0 Å². The van der Waals surface area contributed by atoms with Gasteiger partial charge in [0.15, 0.2) is 11.5 Å². The fraction of sp³-hybridized carbons (Fsp3) is 0.600. The molecule has 0 atom stereocenters. The maximum absolute atomic E-state index is 6.20. The summed E-state index contributed by atoms with van der Waals surface area (Å²) < 4.78 is 10.8. The summed E-state index contributed by atoms with van der Waals surface area (Å²) in [6.07, 6.45) is 1.17. The molecule has 19 heavy (non-hydrogen) atoms. The van der Waals surface area contributed by atoms with Crippen molar-refractivity contribution in [3.63, 3.8) is 0 Å². The number of methoxy groups -OCH3 is 1. The predicted octanol–water partition coefficient (Wildman–Crippen LogP) is 3.88. The van der Waals surface area contributed by atoms with E-state index in [0.29, 0.717) is 29.0 Å². The fourth-order valence-electron chi connectivity index (χ4n) is 1.81. The molecule has 0 fully saturated rings. The Labute approximate surface area is 121 Å². The topological polar surface area (TPSA) is 30.5 Å². The third-order valence-electron chi connectivity index (χ3n) is 2.80. The van der Waals surface area contributed by atoms with Crippen molar-refractivity contribution in [2.45, 2.75) is 33.7 Å². The molecule has 1 aromatic rings. The summed E-state index contributed by atoms with van der Waals surface area (Å²) in [4.78, 5) is 0. The van der Waals surface area contributed by atoms with E-state index < -0.39 is 0 Å². The second-order valence-electron chi connectivity index (χ2n) is 4.90. The van der Waals surface area contributed by atoms with E-state index in [4.69, 9.17) is 21.1 Å². The maximum Gasteiger partial charge on any atom is 0.179 e. The smallest absolute Gasteiger partial charge is 0.179 e. The van der Waals surface area contributed by atoms with Gasteiger partial charge < -0.3 is 14.8 Å². The molecule has 0 saturated heterocycles. The molecule has 0 heterocycles. The van der Waals surface area contributed by atoms with Gasteiger partial charge >= 0.3 is 0 Å². The first kappa shape index (κ1) is 16.1. The summed E-state index contributed by atoms with van der Waals surface area (Å²) in [6.45, 7) is 8.78. The molecule has 0 radical (unpaired) electrons. The number of halogens is 1. The Morgan fingerprint density at radius 1 is 1.32 bits per heavy atom. The van der Waals surface area contributed by atoms with Gasteiger partial charge in [-0.1, -0.05) is 25.4 Å². The minimum Gasteiger partial charge on any atom is -0.491 e. The standard InChI is InChI=1S/C15H24ClNO2/c1-5-19-14-9-12(8-13(16)15(14)18-4)10-17-7-6-11(2)3/h8-9,11,17H,5-7,10H2,1-4H3. The minimum atomic E-state index is 0.592. The monoisotopic (exact) mass is 285 g/mol. The summed E-state index contributed by atoms with van der Waals surface area (Å²) >= 11 is 6.20. The van der Waals surface area contributed by atoms with Crippen LogP contribution in [-0.2, 0) is 6.54 Å². The maximum atomic E-state index is 6.20. The molecule has 0 aromatic heterocycles. The van der Waals surface area contributed by atoms with Crippen LogP contribution in [0.4, 0.5) is 0 Å². The molecule has 1 N–H and O–H groups in total. The van der Waals surface area contributed by atoms with E-state index in [1.54, 1.807) is 7.11 Å². The SMILES string of the molecule is CCOc1cc(CNCCC(C)C)cc(Cl)c1OC. The highest BCUT2D eigenvalue weighted by Gasteiger charge is 2.11. The van der Waals surface area contributed by atoms with Gasteiger partial charge in [0.2, 0.25) is 0 Å². The molecular weight excluding hydrogens is 262 g/mol. The Hall–Kier alpha value is -0.930. The number of benzene rings is 1. The summed E-state index contributed by atoms with van der Waals surface area (Å²) in [5, 5.41) is 4.00. The highest BCUT2D eigenvalue weighted by molar-refractivity contribution is 6.32. The lowest BCUT2D eigenvalue weighted by molar-refractivity contribution is 0.310. The van der Waals surface area contributed by atoms with E-state index in [0.717, 1.165) is 18.7 Å². The van der Waals surface area contributed by atoms with Gasteiger partial charge in [0.05, 0.1) is 18.7 Å². The molecule has 0 aliphatic rings. The first-order valence-electron chi connectivity index (χ1n) is 6.78. The van der Waals surface area contributed by atoms with E-state index in [9.17, 15) is 0 Å². The molecular formula is C15H24ClNO2. The number of nitrogens with one attached hydrogen (secondary N) is 1. The van der Waals surface area contributed by atoms with Crippen molar-refractivity contribution >= 4 is 11.6 Å². The van der Waals surface area contributed by atoms with Gasteiger partial charge in [-0.15, -0.1) is 0 Å². The quantitative estimate of drug-likeness (QED) is 0.735. The molecule has 0 amide bonds. The molecule has 0 unspecified atom stereocenters. The van der Waals surface area contributed by atoms with Crippen molar-refractivity contribution < 1.29 is 9.47 Å². The lowest BCUT2D eigenvalue weighted by Crippen LogP contribution is -2.16. The Balaban J connectivity index is 2.68. The summed E-state index contributed by atoms with van der Waals surface area (Å²) in [5.74, 6) is 2.03.